The maximum atomic E-state index is 12.3. The van der Waals surface area contributed by atoms with Crippen LogP contribution in [-0.2, 0) is 4.74 Å². The highest BCUT2D eigenvalue weighted by Gasteiger charge is 2.42. The summed E-state index contributed by atoms with van der Waals surface area (Å²) in [7, 11) is 0. The minimum Gasteiger partial charge on any atom is -0.382 e. The van der Waals surface area contributed by atoms with E-state index in [9.17, 15) is 4.79 Å². The minimum absolute atomic E-state index is 0. The van der Waals surface area contributed by atoms with Gasteiger partial charge in [-0.05, 0) is 57.1 Å². The fourth-order valence-electron chi connectivity index (χ4n) is 3.21. The molecular weight excluding hydrogens is 328 g/mol. The van der Waals surface area contributed by atoms with Gasteiger partial charge in [0.1, 0.15) is 5.69 Å². The Morgan fingerprint density at radius 3 is 3.04 bits per heavy atom. The van der Waals surface area contributed by atoms with Gasteiger partial charge in [-0.15, -0.1) is 12.4 Å². The summed E-state index contributed by atoms with van der Waals surface area (Å²) in [4.78, 5) is 12.3. The molecule has 0 bridgehead atoms. The summed E-state index contributed by atoms with van der Waals surface area (Å²) in [5.74, 6) is -0.0600. The number of rotatable bonds is 8. The molecule has 1 aromatic rings. The molecule has 1 saturated carbocycles. The number of amides is 1. The summed E-state index contributed by atoms with van der Waals surface area (Å²) in [6.07, 6.45) is 7.60. The van der Waals surface area contributed by atoms with Gasteiger partial charge in [0.05, 0.1) is 6.04 Å². The van der Waals surface area contributed by atoms with Gasteiger partial charge in [-0.25, -0.2) is 0 Å². The number of nitrogens with zero attached hydrogens (tertiary/aromatic N) is 2. The Kier molecular flexibility index (Phi) is 7.07. The highest BCUT2D eigenvalue weighted by molar-refractivity contribution is 5.92. The summed E-state index contributed by atoms with van der Waals surface area (Å²) in [5.41, 5.74) is 0.789. The average molecular weight is 357 g/mol. The van der Waals surface area contributed by atoms with Gasteiger partial charge in [-0.1, -0.05) is 0 Å². The molecule has 24 heavy (non-hydrogen) atoms. The number of carbonyl (C=O) groups excluding carboxylic acids is 1. The van der Waals surface area contributed by atoms with Crippen LogP contribution in [0.25, 0.3) is 0 Å². The summed E-state index contributed by atoms with van der Waals surface area (Å²) in [6.45, 7) is 6.31. The van der Waals surface area contributed by atoms with Crippen molar-refractivity contribution in [2.24, 2.45) is 5.41 Å². The summed E-state index contributed by atoms with van der Waals surface area (Å²) in [6, 6.07) is 2.19. The fraction of sp³-hybridized carbons (Fsp3) is 0.765. The molecule has 0 radical (unpaired) electrons. The molecule has 0 aromatic carbocycles. The Bertz CT molecular complexity index is 524. The number of carbonyl (C=O) groups is 1. The molecule has 1 saturated heterocycles. The molecule has 1 aromatic heterocycles. The molecule has 3 rings (SSSR count). The lowest BCUT2D eigenvalue weighted by molar-refractivity contribution is 0.0924. The van der Waals surface area contributed by atoms with Gasteiger partial charge in [-0.3, -0.25) is 9.48 Å². The van der Waals surface area contributed by atoms with Crippen molar-refractivity contribution in [3.63, 3.8) is 0 Å². The molecule has 0 spiro atoms. The molecule has 7 heteroatoms. The summed E-state index contributed by atoms with van der Waals surface area (Å²) < 4.78 is 7.37. The fourth-order valence-corrected chi connectivity index (χ4v) is 3.21. The third-order valence-electron chi connectivity index (χ3n) is 5.05. The highest BCUT2D eigenvalue weighted by atomic mass is 35.5. The second-order valence-corrected chi connectivity index (χ2v) is 6.81. The summed E-state index contributed by atoms with van der Waals surface area (Å²) in [5, 5.41) is 10.9. The van der Waals surface area contributed by atoms with Crippen molar-refractivity contribution in [1.29, 1.82) is 0 Å². The lowest BCUT2D eigenvalue weighted by Crippen LogP contribution is -2.33. The zero-order valence-electron chi connectivity index (χ0n) is 14.4. The first-order chi connectivity index (χ1) is 11.2. The van der Waals surface area contributed by atoms with Crippen LogP contribution in [0.3, 0.4) is 0 Å². The maximum Gasteiger partial charge on any atom is 0.271 e. The molecule has 1 unspecified atom stereocenters. The number of aromatic nitrogens is 2. The van der Waals surface area contributed by atoms with Crippen molar-refractivity contribution in [2.75, 3.05) is 32.8 Å². The van der Waals surface area contributed by atoms with Crippen LogP contribution >= 0.6 is 12.4 Å². The lowest BCUT2D eigenvalue weighted by Gasteiger charge is -2.22. The SMILES string of the molecule is CCOCCC1(CNC(=O)c2ccn(C3CCCNC3)n2)CC1.Cl. The van der Waals surface area contributed by atoms with Crippen molar-refractivity contribution in [2.45, 2.75) is 45.1 Å². The van der Waals surface area contributed by atoms with Crippen molar-refractivity contribution in [3.8, 4) is 0 Å². The van der Waals surface area contributed by atoms with Gasteiger partial charge in [-0.2, -0.15) is 5.10 Å². The number of piperidine rings is 1. The number of hydrogen-bond acceptors (Lipinski definition) is 4. The first-order valence-electron chi connectivity index (χ1n) is 8.84. The van der Waals surface area contributed by atoms with E-state index in [1.54, 1.807) is 0 Å². The molecule has 2 fully saturated rings. The molecule has 1 atom stereocenters. The Morgan fingerprint density at radius 2 is 2.38 bits per heavy atom. The molecule has 1 aliphatic carbocycles. The van der Waals surface area contributed by atoms with Crippen LogP contribution in [0, 0.1) is 5.41 Å². The van der Waals surface area contributed by atoms with Crippen molar-refractivity contribution >= 4 is 18.3 Å². The second-order valence-electron chi connectivity index (χ2n) is 6.81. The van der Waals surface area contributed by atoms with Gasteiger partial charge in [0, 0.05) is 32.5 Å². The maximum absolute atomic E-state index is 12.3. The third-order valence-corrected chi connectivity index (χ3v) is 5.05. The van der Waals surface area contributed by atoms with Crippen molar-refractivity contribution in [3.05, 3.63) is 18.0 Å². The quantitative estimate of drug-likeness (QED) is 0.700. The molecule has 1 amide bonds. The van der Waals surface area contributed by atoms with Gasteiger partial charge in [0.15, 0.2) is 0 Å². The van der Waals surface area contributed by atoms with Gasteiger partial charge < -0.3 is 15.4 Å². The van der Waals surface area contributed by atoms with Crippen LogP contribution < -0.4 is 10.6 Å². The molecular formula is C17H29ClN4O2. The predicted octanol–water partition coefficient (Wildman–Crippen LogP) is 2.17. The standard InChI is InChI=1S/C17H28N4O2.ClH/c1-2-23-11-8-17(6-7-17)13-19-16(22)15-5-10-21(20-15)14-4-3-9-18-12-14;/h5,10,14,18H,2-4,6-9,11-13H2,1H3,(H,19,22);1H. The zero-order valence-corrected chi connectivity index (χ0v) is 15.2. The van der Waals surface area contributed by atoms with Crippen LogP contribution in [0.5, 0.6) is 0 Å². The van der Waals surface area contributed by atoms with Crippen LogP contribution in [0.2, 0.25) is 0 Å². The smallest absolute Gasteiger partial charge is 0.271 e. The Balaban J connectivity index is 0.00000208. The molecule has 2 aliphatic rings. The lowest BCUT2D eigenvalue weighted by atomic mass is 10.0. The van der Waals surface area contributed by atoms with Crippen molar-refractivity contribution < 1.29 is 9.53 Å². The molecule has 136 valence electrons. The Hall–Kier alpha value is -1.11. The van der Waals surface area contributed by atoms with Crippen LogP contribution in [0.4, 0.5) is 0 Å². The number of nitrogens with one attached hydrogen (secondary N) is 2. The predicted molar refractivity (Wildman–Crippen MR) is 95.7 cm³/mol. The van der Waals surface area contributed by atoms with Gasteiger partial charge in [0.25, 0.3) is 5.91 Å². The summed E-state index contributed by atoms with van der Waals surface area (Å²) >= 11 is 0. The van der Waals surface area contributed by atoms with Crippen LogP contribution in [0.1, 0.15) is 55.6 Å². The van der Waals surface area contributed by atoms with E-state index >= 15 is 0 Å². The monoisotopic (exact) mass is 356 g/mol. The number of halogens is 1. The van der Waals surface area contributed by atoms with E-state index in [2.05, 4.69) is 15.7 Å². The van der Waals surface area contributed by atoms with E-state index in [1.165, 1.54) is 12.8 Å². The van der Waals surface area contributed by atoms with E-state index in [4.69, 9.17) is 4.74 Å². The van der Waals surface area contributed by atoms with E-state index in [1.807, 2.05) is 23.9 Å². The average Bonchev–Trinajstić information content (AvgIpc) is 3.18. The zero-order chi connectivity index (χ0) is 16.1. The van der Waals surface area contributed by atoms with E-state index in [0.29, 0.717) is 11.7 Å². The largest absolute Gasteiger partial charge is 0.382 e. The minimum atomic E-state index is -0.0600. The number of ether oxygens (including phenoxy) is 1. The van der Waals surface area contributed by atoms with Gasteiger partial charge >= 0.3 is 0 Å². The first kappa shape index (κ1) is 19.2. The van der Waals surface area contributed by atoms with Crippen molar-refractivity contribution in [1.82, 2.24) is 20.4 Å². The second kappa shape index (κ2) is 8.83. The highest BCUT2D eigenvalue weighted by Crippen LogP contribution is 2.48. The molecule has 1 aliphatic heterocycles. The normalized spacial score (nSPS) is 21.8. The van der Waals surface area contributed by atoms with Crippen LogP contribution in [-0.4, -0.2) is 48.5 Å². The van der Waals surface area contributed by atoms with Crippen LogP contribution in [0.15, 0.2) is 12.3 Å². The molecule has 6 nitrogen and oxygen atoms in total. The van der Waals surface area contributed by atoms with Gasteiger partial charge in [0.2, 0.25) is 0 Å². The van der Waals surface area contributed by atoms with E-state index in [0.717, 1.165) is 52.1 Å². The Labute approximate surface area is 150 Å². The third kappa shape index (κ3) is 4.94. The first-order valence-corrected chi connectivity index (χ1v) is 8.84. The molecule has 2 heterocycles. The van der Waals surface area contributed by atoms with E-state index < -0.39 is 0 Å². The topological polar surface area (TPSA) is 68.2 Å². The van der Waals surface area contributed by atoms with E-state index in [-0.39, 0.29) is 23.7 Å². The number of hydrogen-bond donors (Lipinski definition) is 2. The molecule has 2 N–H and O–H groups in total. The Morgan fingerprint density at radius 1 is 1.54 bits per heavy atom.